The van der Waals surface area contributed by atoms with Gasteiger partial charge in [-0.3, -0.25) is 4.98 Å². The van der Waals surface area contributed by atoms with Crippen LogP contribution in [0.3, 0.4) is 0 Å². The molecule has 0 amide bonds. The molecule has 3 aromatic rings. The number of aromatic nitrogens is 2. The molecule has 2 aromatic heterocycles. The van der Waals surface area contributed by atoms with Gasteiger partial charge in [0.05, 0.1) is 24.4 Å². The van der Waals surface area contributed by atoms with Crippen LogP contribution in [0.2, 0.25) is 0 Å². The summed E-state index contributed by atoms with van der Waals surface area (Å²) >= 11 is 0. The first kappa shape index (κ1) is 26.4. The fraction of sp³-hybridized carbons (Fsp3) is 0.429. The lowest BCUT2D eigenvalue weighted by molar-refractivity contribution is -0.139. The van der Waals surface area contributed by atoms with Crippen LogP contribution in [0.15, 0.2) is 60.9 Å². The fourth-order valence-electron chi connectivity index (χ4n) is 3.90. The molecule has 0 aliphatic rings. The Labute approximate surface area is 205 Å². The molecule has 5 nitrogen and oxygen atoms in total. The van der Waals surface area contributed by atoms with E-state index in [1.165, 1.54) is 6.92 Å². The van der Waals surface area contributed by atoms with Gasteiger partial charge in [-0.1, -0.05) is 20.4 Å². The summed E-state index contributed by atoms with van der Waals surface area (Å²) in [7, 11) is 0. The molecule has 0 spiro atoms. The van der Waals surface area contributed by atoms with Gasteiger partial charge >= 0.3 is 5.97 Å². The first-order chi connectivity index (χ1) is 16.7. The second-order valence-corrected chi connectivity index (χ2v) is 9.32. The molecule has 0 unspecified atom stereocenters. The van der Waals surface area contributed by atoms with Crippen molar-refractivity contribution in [2.75, 3.05) is 13.2 Å². The number of fused-ring (bicyclic) bond motifs is 1. The van der Waals surface area contributed by atoms with Crippen molar-refractivity contribution in [3.8, 4) is 17.0 Å². The van der Waals surface area contributed by atoms with Crippen LogP contribution in [0.25, 0.3) is 22.2 Å². The van der Waals surface area contributed by atoms with E-state index in [-0.39, 0.29) is 44.5 Å². The van der Waals surface area contributed by atoms with Crippen molar-refractivity contribution in [3.05, 3.63) is 60.9 Å². The number of ether oxygens (including phenoxy) is 2. The topological polar surface area (TPSA) is 53.4 Å². The van der Waals surface area contributed by atoms with E-state index in [0.717, 1.165) is 28.7 Å². The largest absolute Gasteiger partial charge is 0.494 e. The minimum Gasteiger partial charge on any atom is -0.494 e. The van der Waals surface area contributed by atoms with Crippen LogP contribution in [-0.4, -0.2) is 34.7 Å². The summed E-state index contributed by atoms with van der Waals surface area (Å²) in [6.07, 6.45) is 3.33. The summed E-state index contributed by atoms with van der Waals surface area (Å²) in [5.74, 6) is -2.27. The molecule has 0 fully saturated rings. The number of carbonyl (C=O) groups is 1. The zero-order valence-electron chi connectivity index (χ0n) is 20.7. The highest BCUT2D eigenvalue weighted by molar-refractivity contribution is 5.88. The molecule has 7 heteroatoms. The number of benzene rings is 1. The van der Waals surface area contributed by atoms with Crippen molar-refractivity contribution >= 4 is 16.9 Å². The molecule has 0 aliphatic carbocycles. The van der Waals surface area contributed by atoms with Crippen LogP contribution in [0, 0.1) is 5.92 Å². The van der Waals surface area contributed by atoms with Gasteiger partial charge in [0.1, 0.15) is 5.75 Å². The van der Waals surface area contributed by atoms with E-state index in [4.69, 9.17) is 9.47 Å². The normalized spacial score (nSPS) is 11.7. The number of pyridine rings is 1. The zero-order valence-corrected chi connectivity index (χ0v) is 20.7. The number of alkyl halides is 2. The molecule has 0 atom stereocenters. The molecule has 0 radical (unpaired) electrons. The number of hydrogen-bond donors (Lipinski definition) is 0. The van der Waals surface area contributed by atoms with E-state index in [1.54, 1.807) is 6.20 Å². The first-order valence-corrected chi connectivity index (χ1v) is 12.0. The van der Waals surface area contributed by atoms with Crippen molar-refractivity contribution in [1.29, 1.82) is 0 Å². The monoisotopic (exact) mass is 484 g/mol. The van der Waals surface area contributed by atoms with Gasteiger partial charge in [-0.2, -0.15) is 0 Å². The van der Waals surface area contributed by atoms with Crippen LogP contribution >= 0.6 is 0 Å². The lowest BCUT2D eigenvalue weighted by atomic mass is 10.1. The van der Waals surface area contributed by atoms with Crippen LogP contribution in [-0.2, 0) is 16.1 Å². The first-order valence-electron chi connectivity index (χ1n) is 12.0. The second kappa shape index (κ2) is 12.0. The average Bonchev–Trinajstić information content (AvgIpc) is 3.17. The Kier molecular flexibility index (Phi) is 9.01. The molecule has 3 rings (SSSR count). The van der Waals surface area contributed by atoms with Gasteiger partial charge in [0.2, 0.25) is 5.92 Å². The predicted octanol–water partition coefficient (Wildman–Crippen LogP) is 7.05. The minimum absolute atomic E-state index is 0.0329. The SMILES string of the molecule is C=C(C)C(=O)OCCCC(F)(F)CCCOc1ccc2cc(-c3cccnc3)n(CC(C)C)c2c1. The molecule has 188 valence electrons. The Hall–Kier alpha value is -3.22. The van der Waals surface area contributed by atoms with Gasteiger partial charge in [-0.15, -0.1) is 0 Å². The van der Waals surface area contributed by atoms with Gasteiger partial charge in [-0.25, -0.2) is 13.6 Å². The maximum Gasteiger partial charge on any atom is 0.333 e. The quantitative estimate of drug-likeness (QED) is 0.148. The molecule has 0 saturated carbocycles. The van der Waals surface area contributed by atoms with Gasteiger partial charge in [0.15, 0.2) is 0 Å². The van der Waals surface area contributed by atoms with E-state index in [9.17, 15) is 13.6 Å². The van der Waals surface area contributed by atoms with Crippen LogP contribution in [0.4, 0.5) is 8.78 Å². The molecule has 0 bridgehead atoms. The highest BCUT2D eigenvalue weighted by Gasteiger charge is 2.27. The maximum atomic E-state index is 14.2. The van der Waals surface area contributed by atoms with E-state index < -0.39 is 11.9 Å². The molecule has 0 N–H and O–H groups in total. The van der Waals surface area contributed by atoms with Crippen molar-refractivity contribution in [3.63, 3.8) is 0 Å². The summed E-state index contributed by atoms with van der Waals surface area (Å²) in [4.78, 5) is 15.6. The molecule has 35 heavy (non-hydrogen) atoms. The molecular formula is C28H34F2N2O3. The van der Waals surface area contributed by atoms with Crippen molar-refractivity contribution in [2.24, 2.45) is 5.92 Å². The third-order valence-corrected chi connectivity index (χ3v) is 5.60. The Morgan fingerprint density at radius 2 is 1.89 bits per heavy atom. The third-order valence-electron chi connectivity index (χ3n) is 5.60. The standard InChI is InChI=1S/C28H34F2N2O3/c1-20(2)19-32-25(23-8-5-13-31-18-23)16-22-9-10-24(17-26(22)32)34-14-6-11-28(29,30)12-7-15-35-27(33)21(3)4/h5,8-10,13,16-18,20H,3,6-7,11-12,14-15,19H2,1-2,4H3. The summed E-state index contributed by atoms with van der Waals surface area (Å²) < 4.78 is 41.3. The highest BCUT2D eigenvalue weighted by Crippen LogP contribution is 2.32. The smallest absolute Gasteiger partial charge is 0.333 e. The fourth-order valence-corrected chi connectivity index (χ4v) is 3.90. The molecule has 0 saturated heterocycles. The number of hydrogen-bond acceptors (Lipinski definition) is 4. The van der Waals surface area contributed by atoms with E-state index in [1.807, 2.05) is 36.5 Å². The Morgan fingerprint density at radius 1 is 1.14 bits per heavy atom. The van der Waals surface area contributed by atoms with E-state index in [0.29, 0.717) is 11.7 Å². The lowest BCUT2D eigenvalue weighted by Crippen LogP contribution is -2.18. The summed E-state index contributed by atoms with van der Waals surface area (Å²) in [6, 6.07) is 12.0. The Morgan fingerprint density at radius 3 is 2.54 bits per heavy atom. The lowest BCUT2D eigenvalue weighted by Gasteiger charge is -2.16. The van der Waals surface area contributed by atoms with Crippen LogP contribution in [0.1, 0.15) is 46.5 Å². The number of esters is 1. The number of nitrogens with zero attached hydrogens (tertiary/aromatic N) is 2. The number of rotatable bonds is 13. The van der Waals surface area contributed by atoms with Gasteiger partial charge in [0, 0.05) is 54.4 Å². The molecular weight excluding hydrogens is 450 g/mol. The molecule has 0 aliphatic heterocycles. The van der Waals surface area contributed by atoms with Crippen LogP contribution in [0.5, 0.6) is 5.75 Å². The summed E-state index contributed by atoms with van der Waals surface area (Å²) in [5, 5.41) is 1.09. The number of carbonyl (C=O) groups excluding carboxylic acids is 1. The van der Waals surface area contributed by atoms with Crippen molar-refractivity contribution < 1.29 is 23.0 Å². The van der Waals surface area contributed by atoms with Crippen molar-refractivity contribution in [1.82, 2.24) is 9.55 Å². The summed E-state index contributed by atoms with van der Waals surface area (Å²) in [5.41, 5.74) is 3.44. The highest BCUT2D eigenvalue weighted by atomic mass is 19.3. The third kappa shape index (κ3) is 7.64. The number of halogens is 2. The van der Waals surface area contributed by atoms with Crippen LogP contribution < -0.4 is 4.74 Å². The van der Waals surface area contributed by atoms with Gasteiger partial charge in [-0.05, 0) is 56.0 Å². The van der Waals surface area contributed by atoms with Gasteiger partial charge < -0.3 is 14.0 Å². The Balaban J connectivity index is 1.58. The summed E-state index contributed by atoms with van der Waals surface area (Å²) in [6.45, 7) is 10.3. The second-order valence-electron chi connectivity index (χ2n) is 9.32. The minimum atomic E-state index is -2.83. The van der Waals surface area contributed by atoms with Gasteiger partial charge in [0.25, 0.3) is 0 Å². The zero-order chi connectivity index (χ0) is 25.4. The average molecular weight is 485 g/mol. The maximum absolute atomic E-state index is 14.2. The van der Waals surface area contributed by atoms with E-state index >= 15 is 0 Å². The van der Waals surface area contributed by atoms with E-state index in [2.05, 4.69) is 36.0 Å². The van der Waals surface area contributed by atoms with Crippen molar-refractivity contribution in [2.45, 2.75) is 58.9 Å². The molecule has 2 heterocycles. The Bertz CT molecular complexity index is 1140. The predicted molar refractivity (Wildman–Crippen MR) is 135 cm³/mol. The molecule has 1 aromatic carbocycles.